The number of hydrogen-bond donors (Lipinski definition) is 3. The Labute approximate surface area is 511 Å². The molecule has 0 bridgehead atoms. The molecule has 0 saturated carbocycles. The number of aromatic nitrogens is 8. The van der Waals surface area contributed by atoms with Gasteiger partial charge in [-0.05, 0) is 203 Å². The molecule has 0 spiro atoms. The molecule has 9 aromatic rings. The molecule has 0 aliphatic carbocycles. The third-order valence-corrected chi connectivity index (χ3v) is 14.4. The minimum absolute atomic E-state index is 0. The van der Waals surface area contributed by atoms with Crippen molar-refractivity contribution in [1.29, 1.82) is 0 Å². The summed E-state index contributed by atoms with van der Waals surface area (Å²) in [5.74, 6) is 4.19. The minimum Gasteiger partial charge on any atom is -0.456 e. The lowest BCUT2D eigenvalue weighted by Gasteiger charge is -2.34. The molecule has 3 N–H and O–H groups in total. The number of pyridine rings is 4. The summed E-state index contributed by atoms with van der Waals surface area (Å²) >= 11 is 0. The highest BCUT2D eigenvalue weighted by Gasteiger charge is 2.30. The number of carbonyl (C=O) groups is 3. The molecule has 20 nitrogen and oxygen atoms in total. The summed E-state index contributed by atoms with van der Waals surface area (Å²) < 4.78 is 17.0. The van der Waals surface area contributed by atoms with E-state index in [0.717, 1.165) is 87.3 Å². The Hall–Kier alpha value is -9.89. The summed E-state index contributed by atoms with van der Waals surface area (Å²) in [6, 6.07) is 38.5. The van der Waals surface area contributed by atoms with E-state index in [2.05, 4.69) is 70.8 Å². The van der Waals surface area contributed by atoms with E-state index in [1.807, 2.05) is 109 Å². The molecule has 6 aromatic heterocycles. The third-order valence-electron chi connectivity index (χ3n) is 14.4. The van der Waals surface area contributed by atoms with Gasteiger partial charge in [-0.25, -0.2) is 9.97 Å². The molecule has 0 radical (unpaired) electrons. The molecule has 3 saturated heterocycles. The van der Waals surface area contributed by atoms with Crippen LogP contribution < -0.4 is 30.2 Å². The highest BCUT2D eigenvalue weighted by Crippen LogP contribution is 2.28. The summed E-state index contributed by atoms with van der Waals surface area (Å²) in [4.78, 5) is 67.1. The molecule has 2 atom stereocenters. The fourth-order valence-corrected chi connectivity index (χ4v) is 10.1. The lowest BCUT2D eigenvalue weighted by atomic mass is 10.0. The maximum Gasteiger partial charge on any atom is 0.241 e. The molecule has 9 heterocycles. The number of nitrogens with zero attached hydrogens (tertiary/aromatic N) is 11. The number of hydrogen-bond acceptors (Lipinski definition) is 17. The van der Waals surface area contributed by atoms with E-state index in [9.17, 15) is 14.4 Å². The first-order valence-electron chi connectivity index (χ1n) is 29.3. The van der Waals surface area contributed by atoms with Crippen LogP contribution in [0.5, 0.6) is 34.5 Å². The van der Waals surface area contributed by atoms with Gasteiger partial charge >= 0.3 is 0 Å². The van der Waals surface area contributed by atoms with Crippen molar-refractivity contribution in [3.63, 3.8) is 0 Å². The standard InChI is InChI=1S/C23H24N4O2.C22H23N5O2.C12H10N2O2.C10H15N3.3H2/c28-23(22-5-1-2-15-27(22)17-18-10-13-24-14-11-18)26-19-6-8-20(9-7-19)29-21-4-3-12-25-16-21;28-22(21-5-1-2-13-27(21)16-17-10-12-24-25-14-17)26-18-6-8-19(9-7-18)29-20-4-3-11-23-15-20;15-9-14-10-3-5-11(6-4-10)16-12-2-1-7-13-8-12;1-2-4-13(5-3-1)8-10-6-11-9-12-7-10;;;/h3-4,6-14,16,22H,1-2,5,15,17H2,(H,26,28);3-4,6-12,14-15,21H,1-2,5,13,16H2,(H,26,28);1-9H,(H,14,15);6-7,9H,1-5,8H2;3*1H. The molecule has 452 valence electrons. The fourth-order valence-electron chi connectivity index (χ4n) is 10.1. The van der Waals surface area contributed by atoms with Gasteiger partial charge in [0.25, 0.3) is 0 Å². The number of carbonyl (C=O) groups excluding carboxylic acids is 3. The van der Waals surface area contributed by atoms with Crippen LogP contribution in [0.25, 0.3) is 0 Å². The average molecular weight is 1180 g/mol. The second-order valence-electron chi connectivity index (χ2n) is 20.8. The number of ether oxygens (including phenoxy) is 3. The molecule has 2 unspecified atom stereocenters. The van der Waals surface area contributed by atoms with Crippen LogP contribution in [0.15, 0.2) is 208 Å². The van der Waals surface area contributed by atoms with E-state index in [-0.39, 0.29) is 28.2 Å². The molecule has 3 amide bonds. The van der Waals surface area contributed by atoms with Gasteiger partial charge in [-0.2, -0.15) is 10.2 Å². The van der Waals surface area contributed by atoms with Crippen LogP contribution in [0.3, 0.4) is 0 Å². The topological polar surface area (TPSA) is 228 Å². The maximum absolute atomic E-state index is 12.9. The number of benzene rings is 3. The minimum atomic E-state index is -0.150. The van der Waals surface area contributed by atoms with Crippen LogP contribution in [-0.2, 0) is 34.0 Å². The maximum atomic E-state index is 12.9. The second kappa shape index (κ2) is 34.2. The van der Waals surface area contributed by atoms with Crippen molar-refractivity contribution in [2.75, 3.05) is 42.1 Å². The fraction of sp³-hybridized carbons (Fsp3) is 0.269. The quantitative estimate of drug-likeness (QED) is 0.0679. The number of rotatable bonds is 18. The van der Waals surface area contributed by atoms with Crippen molar-refractivity contribution in [3.05, 3.63) is 225 Å². The SMILES string of the molecule is O=C(Nc1ccc(Oc2cccnc2)cc1)C1CCCCN1Cc1ccncc1.O=C(Nc1ccc(Oc2cccnc2)cc1)C1CCCCN1Cc1ccnnc1.O=CNc1ccc(Oc2cccnc2)cc1.[HH].[HH].[HH].c1ncc(CN2CCCCC2)cn1. The Morgan fingerprint density at radius 2 is 0.885 bits per heavy atom. The number of piperidine rings is 3. The van der Waals surface area contributed by atoms with Gasteiger partial charge in [0, 0.05) is 96.1 Å². The van der Waals surface area contributed by atoms with Crippen LogP contribution in [0.2, 0.25) is 0 Å². The highest BCUT2D eigenvalue weighted by atomic mass is 16.5. The van der Waals surface area contributed by atoms with Crippen LogP contribution in [0.1, 0.15) is 78.8 Å². The summed E-state index contributed by atoms with van der Waals surface area (Å²) in [7, 11) is 0. The molecule has 3 aliphatic rings. The van der Waals surface area contributed by atoms with Gasteiger partial charge in [-0.1, -0.05) is 19.3 Å². The molecule has 87 heavy (non-hydrogen) atoms. The van der Waals surface area contributed by atoms with Crippen molar-refractivity contribution in [2.45, 2.75) is 89.5 Å². The van der Waals surface area contributed by atoms with Gasteiger partial charge < -0.3 is 30.2 Å². The lowest BCUT2D eigenvalue weighted by Crippen LogP contribution is -2.46. The lowest BCUT2D eigenvalue weighted by molar-refractivity contribution is -0.123. The molecule has 12 rings (SSSR count). The van der Waals surface area contributed by atoms with Gasteiger partial charge in [0.15, 0.2) is 0 Å². The van der Waals surface area contributed by atoms with Crippen LogP contribution in [0, 0.1) is 0 Å². The Balaban J connectivity index is 0.000000198. The van der Waals surface area contributed by atoms with Crippen LogP contribution in [0.4, 0.5) is 17.1 Å². The molecule has 20 heteroatoms. The predicted octanol–water partition coefficient (Wildman–Crippen LogP) is 12.6. The Bertz CT molecular complexity index is 3260. The summed E-state index contributed by atoms with van der Waals surface area (Å²) in [6.07, 6.45) is 33.3. The third kappa shape index (κ3) is 21.0. The second-order valence-corrected chi connectivity index (χ2v) is 20.8. The zero-order valence-electron chi connectivity index (χ0n) is 48.5. The normalized spacial score (nSPS) is 15.8. The van der Waals surface area contributed by atoms with Crippen molar-refractivity contribution in [3.8, 4) is 34.5 Å². The van der Waals surface area contributed by atoms with Crippen molar-refractivity contribution >= 4 is 35.3 Å². The van der Waals surface area contributed by atoms with Gasteiger partial charge in [0.2, 0.25) is 18.2 Å². The Morgan fingerprint density at radius 3 is 1.33 bits per heavy atom. The zero-order valence-corrected chi connectivity index (χ0v) is 48.5. The van der Waals surface area contributed by atoms with Gasteiger partial charge in [-0.3, -0.25) is 49.0 Å². The Morgan fingerprint density at radius 1 is 0.425 bits per heavy atom. The number of likely N-dealkylation sites (tertiary alicyclic amines) is 3. The van der Waals surface area contributed by atoms with Gasteiger partial charge in [0.1, 0.15) is 40.8 Å². The monoisotopic (exact) mass is 1170 g/mol. The first kappa shape index (κ1) is 61.7. The largest absolute Gasteiger partial charge is 0.456 e. The smallest absolute Gasteiger partial charge is 0.241 e. The summed E-state index contributed by atoms with van der Waals surface area (Å²) in [5.41, 5.74) is 5.72. The summed E-state index contributed by atoms with van der Waals surface area (Å²) in [5, 5.41) is 16.4. The molecular formula is C67H78N14O6. The van der Waals surface area contributed by atoms with Gasteiger partial charge in [-0.15, -0.1) is 0 Å². The number of amides is 3. The zero-order chi connectivity index (χ0) is 59.9. The van der Waals surface area contributed by atoms with E-state index in [1.165, 1.54) is 43.5 Å². The Kier molecular flexibility index (Phi) is 24.2. The number of anilines is 3. The van der Waals surface area contributed by atoms with Crippen molar-refractivity contribution < 1.29 is 32.9 Å². The van der Waals surface area contributed by atoms with Crippen LogP contribution >= 0.6 is 0 Å². The predicted molar refractivity (Wildman–Crippen MR) is 339 cm³/mol. The molecule has 3 aromatic carbocycles. The first-order chi connectivity index (χ1) is 42.9. The van der Waals surface area contributed by atoms with Gasteiger partial charge in [0.05, 0.1) is 36.9 Å². The summed E-state index contributed by atoms with van der Waals surface area (Å²) in [6.45, 7) is 6.77. The molecule has 3 aliphatic heterocycles. The number of nitrogens with one attached hydrogen (secondary N) is 3. The van der Waals surface area contributed by atoms with E-state index in [1.54, 1.807) is 98.6 Å². The average Bonchev–Trinajstić information content (AvgIpc) is 2.44. The van der Waals surface area contributed by atoms with Crippen molar-refractivity contribution in [2.24, 2.45) is 0 Å². The first-order valence-corrected chi connectivity index (χ1v) is 29.3. The molecule has 3 fully saturated rings. The van der Waals surface area contributed by atoms with E-state index < -0.39 is 0 Å². The van der Waals surface area contributed by atoms with E-state index in [0.29, 0.717) is 47.5 Å². The molecular weight excluding hydrogens is 1100 g/mol. The highest BCUT2D eigenvalue weighted by molar-refractivity contribution is 5.95. The van der Waals surface area contributed by atoms with E-state index >= 15 is 0 Å². The van der Waals surface area contributed by atoms with Crippen LogP contribution in [-0.4, -0.2) is 111 Å². The van der Waals surface area contributed by atoms with Crippen molar-refractivity contribution in [1.82, 2.24) is 54.8 Å². The van der Waals surface area contributed by atoms with E-state index in [4.69, 9.17) is 14.2 Å².